The fraction of sp³-hybridized carbons (Fsp3) is 0.722. The second-order valence-corrected chi connectivity index (χ2v) is 7.35. The summed E-state index contributed by atoms with van der Waals surface area (Å²) in [4.78, 5) is 23.4. The molecule has 6 heteroatoms. The van der Waals surface area contributed by atoms with E-state index in [0.29, 0.717) is 24.4 Å². The molecule has 0 spiro atoms. The van der Waals surface area contributed by atoms with Gasteiger partial charge >= 0.3 is 11.9 Å². The topological polar surface area (TPSA) is 85.6 Å². The maximum Gasteiger partial charge on any atom is 0.348 e. The van der Waals surface area contributed by atoms with E-state index in [2.05, 4.69) is 11.3 Å². The number of hydrogen-bond donors (Lipinski definition) is 0. The molecule has 0 saturated heterocycles. The van der Waals surface area contributed by atoms with Crippen LogP contribution in [0.5, 0.6) is 0 Å². The molecule has 3 atom stereocenters. The molecule has 0 aromatic carbocycles. The van der Waals surface area contributed by atoms with Crippen molar-refractivity contribution in [2.24, 2.45) is 23.7 Å². The first kappa shape index (κ1) is 17.0. The molecule has 4 rings (SSSR count). The second-order valence-electron chi connectivity index (χ2n) is 7.35. The van der Waals surface area contributed by atoms with Crippen molar-refractivity contribution in [1.29, 1.82) is 5.26 Å². The van der Waals surface area contributed by atoms with E-state index in [0.717, 1.165) is 25.7 Å². The molecule has 4 aliphatic carbocycles. The van der Waals surface area contributed by atoms with E-state index in [9.17, 15) is 9.59 Å². The first-order chi connectivity index (χ1) is 11.5. The average Bonchev–Trinajstić information content (AvgIpc) is 2.55. The maximum atomic E-state index is 12.2. The van der Waals surface area contributed by atoms with E-state index in [1.165, 1.54) is 13.5 Å². The van der Waals surface area contributed by atoms with Crippen LogP contribution in [0.4, 0.5) is 0 Å². The van der Waals surface area contributed by atoms with Crippen LogP contribution in [0.2, 0.25) is 0 Å². The minimum atomic E-state index is -0.627. The van der Waals surface area contributed by atoms with E-state index in [-0.39, 0.29) is 18.1 Å². The molecular weight excluding hydrogens is 310 g/mol. The SMILES string of the molecule is C=C(C#N)C(=O)OC12CC3CC(CC(C3)C1COCC(=O)OC)C2. The van der Waals surface area contributed by atoms with Crippen LogP contribution in [0.15, 0.2) is 12.2 Å². The third-order valence-corrected chi connectivity index (χ3v) is 5.87. The summed E-state index contributed by atoms with van der Waals surface area (Å²) >= 11 is 0. The van der Waals surface area contributed by atoms with Crippen LogP contribution in [0.3, 0.4) is 0 Å². The van der Waals surface area contributed by atoms with Crippen LogP contribution < -0.4 is 0 Å². The Morgan fingerprint density at radius 1 is 1.25 bits per heavy atom. The Hall–Kier alpha value is -1.87. The third kappa shape index (κ3) is 3.05. The molecule has 0 heterocycles. The van der Waals surface area contributed by atoms with Crippen molar-refractivity contribution in [3.05, 3.63) is 12.2 Å². The number of carbonyl (C=O) groups excluding carboxylic acids is 2. The van der Waals surface area contributed by atoms with Crippen molar-refractivity contribution >= 4 is 11.9 Å². The predicted molar refractivity (Wildman–Crippen MR) is 83.5 cm³/mol. The van der Waals surface area contributed by atoms with Gasteiger partial charge < -0.3 is 14.2 Å². The molecule has 0 aliphatic heterocycles. The van der Waals surface area contributed by atoms with Gasteiger partial charge in [-0.25, -0.2) is 9.59 Å². The Labute approximate surface area is 141 Å². The zero-order chi connectivity index (χ0) is 17.3. The fourth-order valence-electron chi connectivity index (χ4n) is 5.14. The molecule has 3 unspecified atom stereocenters. The van der Waals surface area contributed by atoms with Crippen molar-refractivity contribution in [2.75, 3.05) is 20.3 Å². The smallest absolute Gasteiger partial charge is 0.348 e. The van der Waals surface area contributed by atoms with E-state index in [1.54, 1.807) is 6.07 Å². The van der Waals surface area contributed by atoms with Gasteiger partial charge in [-0.1, -0.05) is 6.58 Å². The van der Waals surface area contributed by atoms with Crippen molar-refractivity contribution in [3.8, 4) is 6.07 Å². The summed E-state index contributed by atoms with van der Waals surface area (Å²) in [7, 11) is 1.32. The quantitative estimate of drug-likeness (QED) is 0.420. The van der Waals surface area contributed by atoms with Gasteiger partial charge in [0.2, 0.25) is 0 Å². The summed E-state index contributed by atoms with van der Waals surface area (Å²) in [5, 5.41) is 8.89. The third-order valence-electron chi connectivity index (χ3n) is 5.87. The Morgan fingerprint density at radius 2 is 1.92 bits per heavy atom. The molecule has 6 nitrogen and oxygen atoms in total. The summed E-state index contributed by atoms with van der Waals surface area (Å²) in [5.74, 6) is 0.604. The lowest BCUT2D eigenvalue weighted by Gasteiger charge is -2.60. The van der Waals surface area contributed by atoms with E-state index < -0.39 is 17.5 Å². The number of nitriles is 1. The minimum absolute atomic E-state index is 0.0606. The molecule has 24 heavy (non-hydrogen) atoms. The van der Waals surface area contributed by atoms with Crippen molar-refractivity contribution in [1.82, 2.24) is 0 Å². The van der Waals surface area contributed by atoms with E-state index in [1.807, 2.05) is 0 Å². The van der Waals surface area contributed by atoms with Crippen LogP contribution in [0.25, 0.3) is 0 Å². The first-order valence-electron chi connectivity index (χ1n) is 8.44. The number of carbonyl (C=O) groups is 2. The monoisotopic (exact) mass is 333 g/mol. The van der Waals surface area contributed by atoms with Gasteiger partial charge in [0.25, 0.3) is 0 Å². The highest BCUT2D eigenvalue weighted by molar-refractivity contribution is 5.92. The van der Waals surface area contributed by atoms with Gasteiger partial charge in [-0.15, -0.1) is 0 Å². The Balaban J connectivity index is 1.74. The Morgan fingerprint density at radius 3 is 2.50 bits per heavy atom. The van der Waals surface area contributed by atoms with Gasteiger partial charge in [0, 0.05) is 5.92 Å². The average molecular weight is 333 g/mol. The lowest BCUT2D eigenvalue weighted by atomic mass is 9.50. The highest BCUT2D eigenvalue weighted by atomic mass is 16.6. The van der Waals surface area contributed by atoms with Gasteiger partial charge in [-0.2, -0.15) is 5.26 Å². The number of esters is 2. The van der Waals surface area contributed by atoms with E-state index >= 15 is 0 Å². The van der Waals surface area contributed by atoms with Crippen molar-refractivity contribution in [2.45, 2.75) is 37.7 Å². The number of methoxy groups -OCH3 is 1. The number of ether oxygens (including phenoxy) is 3. The molecule has 0 aromatic heterocycles. The number of rotatable bonds is 6. The molecule has 0 aromatic rings. The van der Waals surface area contributed by atoms with Gasteiger partial charge in [0.15, 0.2) is 0 Å². The molecule has 0 amide bonds. The fourth-order valence-corrected chi connectivity index (χ4v) is 5.14. The van der Waals surface area contributed by atoms with Gasteiger partial charge in [0.05, 0.1) is 13.7 Å². The molecule has 0 N–H and O–H groups in total. The van der Waals surface area contributed by atoms with Crippen molar-refractivity contribution < 1.29 is 23.8 Å². The van der Waals surface area contributed by atoms with E-state index in [4.69, 9.17) is 14.7 Å². The summed E-state index contributed by atoms with van der Waals surface area (Å²) in [5.41, 5.74) is -0.748. The standard InChI is InChI=1S/C18H23NO5/c1-11(8-19)17(21)24-18-6-12-3-13(7-18)5-14(4-12)15(18)9-23-10-16(20)22-2/h12-15H,1,3-7,9-10H2,2H3. The first-order valence-corrected chi connectivity index (χ1v) is 8.44. The highest BCUT2D eigenvalue weighted by Gasteiger charge is 2.59. The molecule has 130 valence electrons. The molecular formula is C18H23NO5. The number of nitrogens with zero attached hydrogens (tertiary/aromatic N) is 1. The lowest BCUT2D eigenvalue weighted by Crippen LogP contribution is -2.60. The minimum Gasteiger partial charge on any atom is -0.467 e. The zero-order valence-electron chi connectivity index (χ0n) is 14.0. The summed E-state index contributed by atoms with van der Waals surface area (Å²) < 4.78 is 16.0. The molecule has 0 radical (unpaired) electrons. The van der Waals surface area contributed by atoms with Crippen LogP contribution in [0.1, 0.15) is 32.1 Å². The highest BCUT2D eigenvalue weighted by Crippen LogP contribution is 2.60. The molecule has 4 bridgehead atoms. The van der Waals surface area contributed by atoms with Crippen molar-refractivity contribution in [3.63, 3.8) is 0 Å². The van der Waals surface area contributed by atoms with Gasteiger partial charge in [-0.3, -0.25) is 0 Å². The van der Waals surface area contributed by atoms with Crippen LogP contribution >= 0.6 is 0 Å². The molecule has 4 aliphatic rings. The van der Waals surface area contributed by atoms with Gasteiger partial charge in [-0.05, 0) is 49.9 Å². The molecule has 4 fully saturated rings. The second kappa shape index (κ2) is 6.56. The van der Waals surface area contributed by atoms with Gasteiger partial charge in [0.1, 0.15) is 23.9 Å². The van der Waals surface area contributed by atoms with Crippen LogP contribution in [-0.2, 0) is 23.8 Å². The van der Waals surface area contributed by atoms with Crippen LogP contribution in [-0.4, -0.2) is 37.9 Å². The lowest BCUT2D eigenvalue weighted by molar-refractivity contribution is -0.213. The summed E-state index contributed by atoms with van der Waals surface area (Å²) in [6.45, 7) is 3.74. The van der Waals surface area contributed by atoms with Crippen LogP contribution in [0, 0.1) is 35.0 Å². The number of hydrogen-bond acceptors (Lipinski definition) is 6. The summed E-state index contributed by atoms with van der Waals surface area (Å²) in [6.07, 6.45) is 5.08. The summed E-state index contributed by atoms with van der Waals surface area (Å²) in [6, 6.07) is 1.77. The largest absolute Gasteiger partial charge is 0.467 e. The Kier molecular flexibility index (Phi) is 4.64. The predicted octanol–water partition coefficient (Wildman–Crippen LogP) is 1.99. The normalized spacial score (nSPS) is 36.0. The molecule has 4 saturated carbocycles. The Bertz CT molecular complexity index is 579. The maximum absolute atomic E-state index is 12.2. The zero-order valence-corrected chi connectivity index (χ0v) is 14.0.